The van der Waals surface area contributed by atoms with E-state index in [9.17, 15) is 9.90 Å². The minimum atomic E-state index is -0.927. The van der Waals surface area contributed by atoms with Crippen LogP contribution in [0.4, 0.5) is 0 Å². The van der Waals surface area contributed by atoms with Crippen molar-refractivity contribution in [2.45, 2.75) is 44.4 Å². The zero-order valence-electron chi connectivity index (χ0n) is 7.25. The first kappa shape index (κ1) is 13.4. The molecule has 3 N–H and O–H groups in total. The molecule has 1 fully saturated rings. The van der Waals surface area contributed by atoms with E-state index < -0.39 is 11.8 Å². The summed E-state index contributed by atoms with van der Waals surface area (Å²) >= 11 is 0. The molecule has 0 aromatic rings. The topological polar surface area (TPSA) is 72.5 Å². The average molecular weight is 197 g/mol. The number of rotatable bonds is 1. The summed E-state index contributed by atoms with van der Waals surface area (Å²) in [6, 6.07) is 0. The summed E-state index contributed by atoms with van der Waals surface area (Å²) in [5, 5.41) is 9.29. The number of hydrogen-bond acceptors (Lipinski definition) is 4. The Labute approximate surface area is 100 Å². The van der Waals surface area contributed by atoms with Gasteiger partial charge in [0.2, 0.25) is 0 Å². The molecule has 0 aliphatic heterocycles. The molecule has 0 aromatic carbocycles. The number of carbonyl (C=O) groups excluding carboxylic acids is 1. The van der Waals surface area contributed by atoms with E-state index in [-0.39, 0.29) is 35.5 Å². The summed E-state index contributed by atoms with van der Waals surface area (Å²) in [7, 11) is 0. The van der Waals surface area contributed by atoms with Crippen LogP contribution in [-0.2, 0) is 9.53 Å². The van der Waals surface area contributed by atoms with Crippen molar-refractivity contribution < 1.29 is 14.6 Å². The van der Waals surface area contributed by atoms with Crippen molar-refractivity contribution in [1.82, 2.24) is 0 Å². The normalized spacial score (nSPS) is 33.3. The molecular formula is C8H16NNaO3. The molecule has 1 aliphatic carbocycles. The second-order valence-corrected chi connectivity index (χ2v) is 3.41. The molecule has 5 heteroatoms. The summed E-state index contributed by atoms with van der Waals surface area (Å²) in [6.45, 7) is 1.33. The van der Waals surface area contributed by atoms with Crippen LogP contribution in [0, 0.1) is 0 Å². The Morgan fingerprint density at radius 1 is 1.69 bits per heavy atom. The SMILES string of the molecule is CC(=O)OC1(N)CCC[C@@H](O)C1.[NaH]. The number of aliphatic hydroxyl groups is 1. The van der Waals surface area contributed by atoms with Crippen LogP contribution >= 0.6 is 0 Å². The molecule has 1 saturated carbocycles. The third-order valence-electron chi connectivity index (χ3n) is 2.07. The number of hydrogen-bond donors (Lipinski definition) is 2. The summed E-state index contributed by atoms with van der Waals surface area (Å²) in [5.74, 6) is -0.383. The van der Waals surface area contributed by atoms with Crippen LogP contribution in [0.25, 0.3) is 0 Å². The Hall–Kier alpha value is 0.390. The van der Waals surface area contributed by atoms with Crippen molar-refractivity contribution in [2.24, 2.45) is 5.73 Å². The molecular weight excluding hydrogens is 181 g/mol. The molecule has 0 saturated heterocycles. The quantitative estimate of drug-likeness (QED) is 0.337. The summed E-state index contributed by atoms with van der Waals surface area (Å²) < 4.78 is 4.93. The first-order valence-electron chi connectivity index (χ1n) is 4.18. The molecule has 1 rings (SSSR count). The van der Waals surface area contributed by atoms with E-state index >= 15 is 0 Å². The van der Waals surface area contributed by atoms with Gasteiger partial charge >= 0.3 is 35.5 Å². The van der Waals surface area contributed by atoms with Crippen LogP contribution in [-0.4, -0.2) is 52.5 Å². The van der Waals surface area contributed by atoms with Crippen molar-refractivity contribution in [3.05, 3.63) is 0 Å². The van der Waals surface area contributed by atoms with Gasteiger partial charge in [-0.15, -0.1) is 0 Å². The first-order valence-corrected chi connectivity index (χ1v) is 4.18. The number of esters is 1. The van der Waals surface area contributed by atoms with Crippen LogP contribution < -0.4 is 5.73 Å². The van der Waals surface area contributed by atoms with E-state index in [4.69, 9.17) is 10.5 Å². The molecule has 13 heavy (non-hydrogen) atoms. The Balaban J connectivity index is 0.00000144. The summed E-state index contributed by atoms with van der Waals surface area (Å²) in [5.41, 5.74) is 4.82. The van der Waals surface area contributed by atoms with Gasteiger partial charge in [0, 0.05) is 19.8 Å². The Kier molecular flexibility index (Phi) is 5.47. The van der Waals surface area contributed by atoms with E-state index in [1.54, 1.807) is 0 Å². The van der Waals surface area contributed by atoms with Crippen molar-refractivity contribution in [3.8, 4) is 0 Å². The molecule has 4 nitrogen and oxygen atoms in total. The molecule has 72 valence electrons. The molecule has 0 spiro atoms. The van der Waals surface area contributed by atoms with Gasteiger partial charge in [0.15, 0.2) is 5.72 Å². The van der Waals surface area contributed by atoms with E-state index in [2.05, 4.69) is 0 Å². The number of carbonyl (C=O) groups is 1. The van der Waals surface area contributed by atoms with Crippen molar-refractivity contribution in [3.63, 3.8) is 0 Å². The third-order valence-corrected chi connectivity index (χ3v) is 2.07. The number of aliphatic hydroxyl groups excluding tert-OH is 1. The average Bonchev–Trinajstić information content (AvgIpc) is 1.82. The molecule has 2 atom stereocenters. The molecule has 0 heterocycles. The molecule has 0 bridgehead atoms. The summed E-state index contributed by atoms with van der Waals surface area (Å²) in [6.07, 6.45) is 2.13. The van der Waals surface area contributed by atoms with E-state index in [0.29, 0.717) is 12.8 Å². The first-order chi connectivity index (χ1) is 5.52. The van der Waals surface area contributed by atoms with Crippen molar-refractivity contribution >= 4 is 35.5 Å². The van der Waals surface area contributed by atoms with Crippen LogP contribution in [0.1, 0.15) is 32.6 Å². The second kappa shape index (κ2) is 5.32. The van der Waals surface area contributed by atoms with Crippen molar-refractivity contribution in [2.75, 3.05) is 0 Å². The number of ether oxygens (including phenoxy) is 1. The van der Waals surface area contributed by atoms with Gasteiger partial charge in [-0.1, -0.05) is 0 Å². The van der Waals surface area contributed by atoms with E-state index in [1.807, 2.05) is 0 Å². The Morgan fingerprint density at radius 2 is 2.31 bits per heavy atom. The van der Waals surface area contributed by atoms with Crippen LogP contribution in [0.15, 0.2) is 0 Å². The van der Waals surface area contributed by atoms with Gasteiger partial charge in [-0.05, 0) is 12.8 Å². The molecule has 0 radical (unpaired) electrons. The zero-order valence-corrected chi connectivity index (χ0v) is 7.25. The fourth-order valence-corrected chi connectivity index (χ4v) is 1.62. The van der Waals surface area contributed by atoms with E-state index in [0.717, 1.165) is 12.8 Å². The van der Waals surface area contributed by atoms with E-state index in [1.165, 1.54) is 6.92 Å². The van der Waals surface area contributed by atoms with Crippen molar-refractivity contribution in [1.29, 1.82) is 0 Å². The van der Waals surface area contributed by atoms with Gasteiger partial charge in [0.05, 0.1) is 6.10 Å². The second-order valence-electron chi connectivity index (χ2n) is 3.41. The van der Waals surface area contributed by atoms with Crippen LogP contribution in [0.5, 0.6) is 0 Å². The van der Waals surface area contributed by atoms with Gasteiger partial charge in [0.1, 0.15) is 0 Å². The van der Waals surface area contributed by atoms with Gasteiger partial charge in [-0.25, -0.2) is 0 Å². The van der Waals surface area contributed by atoms with Gasteiger partial charge < -0.3 is 9.84 Å². The predicted molar refractivity (Wildman–Crippen MR) is 50.3 cm³/mol. The van der Waals surface area contributed by atoms with Gasteiger partial charge in [-0.2, -0.15) is 0 Å². The summed E-state index contributed by atoms with van der Waals surface area (Å²) in [4.78, 5) is 10.6. The Bertz CT molecular complexity index is 188. The fourth-order valence-electron chi connectivity index (χ4n) is 1.62. The third kappa shape index (κ3) is 4.42. The molecule has 1 unspecified atom stereocenters. The van der Waals surface area contributed by atoms with Crippen LogP contribution in [0.3, 0.4) is 0 Å². The standard InChI is InChI=1S/C8H15NO3.Na.H/c1-6(10)12-8(9)4-2-3-7(11)5-8;;/h7,11H,2-5,9H2,1H3;;/t7-,8?;;/m1../s1. The predicted octanol–water partition coefficient (Wildman–Crippen LogP) is -0.509. The van der Waals surface area contributed by atoms with Gasteiger partial charge in [-0.3, -0.25) is 10.5 Å². The monoisotopic (exact) mass is 197 g/mol. The maximum absolute atomic E-state index is 10.6. The van der Waals surface area contributed by atoms with Crippen LogP contribution in [0.2, 0.25) is 0 Å². The number of nitrogens with two attached hydrogens (primary N) is 1. The Morgan fingerprint density at radius 3 is 2.77 bits per heavy atom. The fraction of sp³-hybridized carbons (Fsp3) is 0.875. The van der Waals surface area contributed by atoms with Gasteiger partial charge in [0.25, 0.3) is 0 Å². The molecule has 0 amide bonds. The minimum absolute atomic E-state index is 0. The molecule has 1 aliphatic rings. The molecule has 0 aromatic heterocycles. The zero-order chi connectivity index (χ0) is 9.19. The maximum atomic E-state index is 10.6.